The maximum atomic E-state index is 13.3. The van der Waals surface area contributed by atoms with Crippen LogP contribution in [-0.4, -0.2) is 11.5 Å². The molecule has 0 atom stereocenters. The molecule has 102 valence electrons. The van der Waals surface area contributed by atoms with Crippen molar-refractivity contribution >= 4 is 28.2 Å². The van der Waals surface area contributed by atoms with Crippen LogP contribution in [0.1, 0.15) is 12.6 Å². The Kier molecular flexibility index (Phi) is 3.54. The molecular formula is C12H9ClF4N2. The molecule has 0 radical (unpaired) electrons. The van der Waals surface area contributed by atoms with Crippen molar-refractivity contribution in [3.05, 3.63) is 34.7 Å². The highest BCUT2D eigenvalue weighted by atomic mass is 35.5. The average Bonchev–Trinajstić information content (AvgIpc) is 2.28. The number of fused-ring (bicyclic) bond motifs is 1. The van der Waals surface area contributed by atoms with Crippen LogP contribution in [0.4, 0.5) is 23.2 Å². The first kappa shape index (κ1) is 13.9. The first-order valence-electron chi connectivity index (χ1n) is 5.43. The van der Waals surface area contributed by atoms with Crippen molar-refractivity contribution in [2.24, 2.45) is 0 Å². The second kappa shape index (κ2) is 4.85. The summed E-state index contributed by atoms with van der Waals surface area (Å²) in [6.07, 6.45) is -4.59. The number of nitrogens with one attached hydrogen (secondary N) is 1. The van der Waals surface area contributed by atoms with Gasteiger partial charge in [-0.3, -0.25) is 0 Å². The fraction of sp³-hybridized carbons (Fsp3) is 0.250. The minimum absolute atomic E-state index is 0.0751. The zero-order valence-electron chi connectivity index (χ0n) is 9.78. The van der Waals surface area contributed by atoms with Gasteiger partial charge in [-0.2, -0.15) is 13.2 Å². The highest BCUT2D eigenvalue weighted by Crippen LogP contribution is 2.35. The summed E-state index contributed by atoms with van der Waals surface area (Å²) in [6.45, 7) is 2.12. The molecule has 0 bridgehead atoms. The van der Waals surface area contributed by atoms with Gasteiger partial charge in [0, 0.05) is 17.6 Å². The molecule has 0 aliphatic rings. The van der Waals surface area contributed by atoms with Gasteiger partial charge >= 0.3 is 6.18 Å². The maximum absolute atomic E-state index is 13.3. The van der Waals surface area contributed by atoms with Gasteiger partial charge < -0.3 is 5.32 Å². The summed E-state index contributed by atoms with van der Waals surface area (Å²) in [5.41, 5.74) is -0.987. The van der Waals surface area contributed by atoms with Crippen molar-refractivity contribution in [1.82, 2.24) is 4.98 Å². The molecule has 0 aliphatic carbocycles. The van der Waals surface area contributed by atoms with E-state index in [4.69, 9.17) is 11.6 Å². The molecule has 0 unspecified atom stereocenters. The lowest BCUT2D eigenvalue weighted by Crippen LogP contribution is -2.10. The molecule has 0 aliphatic heterocycles. The number of benzene rings is 1. The van der Waals surface area contributed by atoms with Crippen molar-refractivity contribution < 1.29 is 17.6 Å². The first-order chi connectivity index (χ1) is 8.82. The second-order valence-electron chi connectivity index (χ2n) is 3.87. The summed E-state index contributed by atoms with van der Waals surface area (Å²) in [4.78, 5) is 3.47. The molecule has 0 spiro atoms. The largest absolute Gasteiger partial charge is 0.433 e. The number of halogens is 5. The number of hydrogen-bond donors (Lipinski definition) is 1. The van der Waals surface area contributed by atoms with E-state index in [-0.39, 0.29) is 21.6 Å². The number of rotatable bonds is 2. The number of nitrogens with zero attached hydrogens (tertiary/aromatic N) is 1. The van der Waals surface area contributed by atoms with Crippen LogP contribution in [0, 0.1) is 5.82 Å². The van der Waals surface area contributed by atoms with Gasteiger partial charge in [0.25, 0.3) is 0 Å². The molecule has 2 rings (SSSR count). The Morgan fingerprint density at radius 1 is 1.26 bits per heavy atom. The lowest BCUT2D eigenvalue weighted by atomic mass is 10.1. The van der Waals surface area contributed by atoms with Crippen LogP contribution in [0.3, 0.4) is 0 Å². The van der Waals surface area contributed by atoms with Gasteiger partial charge in [0.1, 0.15) is 11.5 Å². The molecule has 0 amide bonds. The van der Waals surface area contributed by atoms with Gasteiger partial charge in [-0.15, -0.1) is 0 Å². The SMILES string of the molecule is CCNc1cc(C(F)(F)F)nc2c(Cl)cc(F)cc12. The minimum atomic E-state index is -4.59. The molecule has 1 aromatic carbocycles. The third-order valence-electron chi connectivity index (χ3n) is 2.49. The van der Waals surface area contributed by atoms with Crippen molar-refractivity contribution in [3.8, 4) is 0 Å². The van der Waals surface area contributed by atoms with Gasteiger partial charge in [0.15, 0.2) is 0 Å². The van der Waals surface area contributed by atoms with E-state index in [9.17, 15) is 17.6 Å². The third kappa shape index (κ3) is 2.73. The van der Waals surface area contributed by atoms with Crippen LogP contribution in [-0.2, 0) is 6.18 Å². The third-order valence-corrected chi connectivity index (χ3v) is 2.78. The summed E-state index contributed by atoms with van der Waals surface area (Å²) in [5.74, 6) is -0.627. The molecule has 1 heterocycles. The van der Waals surface area contributed by atoms with Gasteiger partial charge in [0.05, 0.1) is 10.5 Å². The van der Waals surface area contributed by atoms with E-state index in [1.165, 1.54) is 0 Å². The predicted octanol–water partition coefficient (Wildman–Crippen LogP) is 4.48. The number of alkyl halides is 3. The summed E-state index contributed by atoms with van der Waals surface area (Å²) >= 11 is 5.76. The number of pyridine rings is 1. The Labute approximate surface area is 111 Å². The fourth-order valence-corrected chi connectivity index (χ4v) is 1.98. The number of anilines is 1. The second-order valence-corrected chi connectivity index (χ2v) is 4.27. The zero-order chi connectivity index (χ0) is 14.2. The molecule has 2 aromatic rings. The Bertz CT molecular complexity index is 625. The van der Waals surface area contributed by atoms with Crippen LogP contribution in [0.2, 0.25) is 5.02 Å². The highest BCUT2D eigenvalue weighted by Gasteiger charge is 2.33. The van der Waals surface area contributed by atoms with Crippen LogP contribution in [0.15, 0.2) is 18.2 Å². The van der Waals surface area contributed by atoms with Crippen LogP contribution in [0.5, 0.6) is 0 Å². The lowest BCUT2D eigenvalue weighted by molar-refractivity contribution is -0.140. The monoisotopic (exact) mass is 292 g/mol. The smallest absolute Gasteiger partial charge is 0.385 e. The van der Waals surface area contributed by atoms with Crippen molar-refractivity contribution in [1.29, 1.82) is 0 Å². The van der Waals surface area contributed by atoms with E-state index < -0.39 is 17.7 Å². The van der Waals surface area contributed by atoms with Crippen LogP contribution in [0.25, 0.3) is 10.9 Å². The van der Waals surface area contributed by atoms with Crippen molar-refractivity contribution in [3.63, 3.8) is 0 Å². The lowest BCUT2D eigenvalue weighted by Gasteiger charge is -2.13. The number of hydrogen-bond acceptors (Lipinski definition) is 2. The molecule has 7 heteroatoms. The average molecular weight is 293 g/mol. The van der Waals surface area contributed by atoms with Gasteiger partial charge in [-0.25, -0.2) is 9.37 Å². The fourth-order valence-electron chi connectivity index (χ4n) is 1.73. The van der Waals surface area contributed by atoms with E-state index in [1.54, 1.807) is 6.92 Å². The van der Waals surface area contributed by atoms with Crippen molar-refractivity contribution in [2.45, 2.75) is 13.1 Å². The van der Waals surface area contributed by atoms with E-state index in [0.717, 1.165) is 18.2 Å². The zero-order valence-corrected chi connectivity index (χ0v) is 10.5. The van der Waals surface area contributed by atoms with Gasteiger partial charge in [-0.1, -0.05) is 11.6 Å². The van der Waals surface area contributed by atoms with E-state index >= 15 is 0 Å². The summed E-state index contributed by atoms with van der Waals surface area (Å²) in [6, 6.07) is 2.89. The first-order valence-corrected chi connectivity index (χ1v) is 5.81. The molecule has 1 aromatic heterocycles. The molecule has 19 heavy (non-hydrogen) atoms. The summed E-state index contributed by atoms with van der Waals surface area (Å²) in [7, 11) is 0. The molecule has 2 nitrogen and oxygen atoms in total. The molecule has 0 fully saturated rings. The van der Waals surface area contributed by atoms with E-state index in [1.807, 2.05) is 0 Å². The molecule has 0 saturated carbocycles. The summed E-state index contributed by atoms with van der Waals surface area (Å²) < 4.78 is 51.5. The quantitative estimate of drug-likeness (QED) is 0.826. The Morgan fingerprint density at radius 2 is 1.95 bits per heavy atom. The summed E-state index contributed by atoms with van der Waals surface area (Å²) in [5, 5.41) is 2.82. The molecule has 1 N–H and O–H groups in total. The molecule has 0 saturated heterocycles. The van der Waals surface area contributed by atoms with Gasteiger partial charge in [0.2, 0.25) is 0 Å². The minimum Gasteiger partial charge on any atom is -0.385 e. The Morgan fingerprint density at radius 3 is 2.53 bits per heavy atom. The van der Waals surface area contributed by atoms with Crippen LogP contribution >= 0.6 is 11.6 Å². The van der Waals surface area contributed by atoms with E-state index in [0.29, 0.717) is 6.54 Å². The topological polar surface area (TPSA) is 24.9 Å². The van der Waals surface area contributed by atoms with E-state index in [2.05, 4.69) is 10.3 Å². The number of aromatic nitrogens is 1. The van der Waals surface area contributed by atoms with Crippen molar-refractivity contribution in [2.75, 3.05) is 11.9 Å². The van der Waals surface area contributed by atoms with Crippen LogP contribution < -0.4 is 5.32 Å². The molecular weight excluding hydrogens is 284 g/mol. The van der Waals surface area contributed by atoms with Gasteiger partial charge in [-0.05, 0) is 25.1 Å². The highest BCUT2D eigenvalue weighted by molar-refractivity contribution is 6.35. The Balaban J connectivity index is 2.79. The standard InChI is InChI=1S/C12H9ClF4N2/c1-2-18-9-5-10(12(15,16)17)19-11-7(9)3-6(14)4-8(11)13/h3-5H,2H2,1H3,(H,18,19). The normalized spacial score (nSPS) is 11.9. The Hall–Kier alpha value is -1.56. The predicted molar refractivity (Wildman–Crippen MR) is 65.9 cm³/mol. The maximum Gasteiger partial charge on any atom is 0.433 e.